The number of aliphatic hydroxyl groups is 1. The topological polar surface area (TPSA) is 59.3 Å². The van der Waals surface area contributed by atoms with Crippen molar-refractivity contribution < 1.29 is 5.11 Å². The maximum Gasteiger partial charge on any atom is 0.101 e. The molecule has 4 heteroatoms. The first-order valence-corrected chi connectivity index (χ1v) is 7.70. The van der Waals surface area contributed by atoms with Crippen LogP contribution in [0.1, 0.15) is 38.3 Å². The number of nitrogens with one attached hydrogen (secondary N) is 1. The molecule has 114 valence electrons. The molecule has 4 nitrogen and oxygen atoms in total. The summed E-state index contributed by atoms with van der Waals surface area (Å²) in [5.41, 5.74) is 2.77. The van der Waals surface area contributed by atoms with Gasteiger partial charge in [0.05, 0.1) is 23.9 Å². The van der Waals surface area contributed by atoms with Gasteiger partial charge in [-0.15, -0.1) is 0 Å². The van der Waals surface area contributed by atoms with Crippen LogP contribution in [0.4, 0.5) is 5.69 Å². The van der Waals surface area contributed by atoms with Gasteiger partial charge in [-0.3, -0.25) is 0 Å². The van der Waals surface area contributed by atoms with E-state index in [0.717, 1.165) is 30.8 Å². The lowest BCUT2D eigenvalue weighted by Crippen LogP contribution is -2.35. The average molecular weight is 287 g/mol. The molecular formula is C17H25N3O. The lowest BCUT2D eigenvalue weighted by atomic mass is 10.0. The second-order valence-electron chi connectivity index (χ2n) is 6.21. The van der Waals surface area contributed by atoms with Gasteiger partial charge in [0.2, 0.25) is 0 Å². The SMILES string of the molecule is CC(C)NCc1ccc(N2CCC(C)C2CO)c(C#N)c1. The van der Waals surface area contributed by atoms with Crippen LogP contribution in [0.2, 0.25) is 0 Å². The minimum Gasteiger partial charge on any atom is -0.394 e. The summed E-state index contributed by atoms with van der Waals surface area (Å²) in [7, 11) is 0. The van der Waals surface area contributed by atoms with Gasteiger partial charge >= 0.3 is 0 Å². The minimum absolute atomic E-state index is 0.122. The van der Waals surface area contributed by atoms with Gasteiger partial charge in [0.15, 0.2) is 0 Å². The molecule has 2 atom stereocenters. The number of nitriles is 1. The lowest BCUT2D eigenvalue weighted by molar-refractivity contribution is 0.244. The molecule has 0 bridgehead atoms. The highest BCUT2D eigenvalue weighted by Gasteiger charge is 2.31. The Labute approximate surface area is 127 Å². The Morgan fingerprint density at radius 3 is 2.86 bits per heavy atom. The highest BCUT2D eigenvalue weighted by molar-refractivity contribution is 5.61. The van der Waals surface area contributed by atoms with Crippen molar-refractivity contribution in [2.45, 2.75) is 45.8 Å². The fourth-order valence-electron chi connectivity index (χ4n) is 2.94. The zero-order valence-corrected chi connectivity index (χ0v) is 13.1. The third-order valence-electron chi connectivity index (χ3n) is 4.27. The van der Waals surface area contributed by atoms with Crippen molar-refractivity contribution in [1.29, 1.82) is 5.26 Å². The van der Waals surface area contributed by atoms with Gasteiger partial charge in [0.1, 0.15) is 6.07 Å². The lowest BCUT2D eigenvalue weighted by Gasteiger charge is -2.28. The summed E-state index contributed by atoms with van der Waals surface area (Å²) in [5.74, 6) is 0.462. The van der Waals surface area contributed by atoms with Gasteiger partial charge in [-0.05, 0) is 30.0 Å². The van der Waals surface area contributed by atoms with E-state index in [2.05, 4.69) is 43.1 Å². The second-order valence-corrected chi connectivity index (χ2v) is 6.21. The summed E-state index contributed by atoms with van der Waals surface area (Å²) in [6, 6.07) is 8.91. The van der Waals surface area contributed by atoms with Crippen LogP contribution in [-0.2, 0) is 6.54 Å². The quantitative estimate of drug-likeness (QED) is 0.872. The van der Waals surface area contributed by atoms with Gasteiger partial charge in [0, 0.05) is 19.1 Å². The Hall–Kier alpha value is -1.57. The van der Waals surface area contributed by atoms with Crippen molar-refractivity contribution in [3.63, 3.8) is 0 Å². The number of hydrogen-bond acceptors (Lipinski definition) is 4. The highest BCUT2D eigenvalue weighted by atomic mass is 16.3. The third kappa shape index (κ3) is 3.55. The van der Waals surface area contributed by atoms with Crippen LogP contribution in [0.25, 0.3) is 0 Å². The van der Waals surface area contributed by atoms with Crippen LogP contribution in [0.15, 0.2) is 18.2 Å². The molecule has 0 saturated carbocycles. The van der Waals surface area contributed by atoms with E-state index in [4.69, 9.17) is 0 Å². The fourth-order valence-corrected chi connectivity index (χ4v) is 2.94. The van der Waals surface area contributed by atoms with Gasteiger partial charge in [-0.25, -0.2) is 0 Å². The highest BCUT2D eigenvalue weighted by Crippen LogP contribution is 2.32. The van der Waals surface area contributed by atoms with Crippen LogP contribution in [0.3, 0.4) is 0 Å². The third-order valence-corrected chi connectivity index (χ3v) is 4.27. The first-order chi connectivity index (χ1) is 10.1. The molecule has 1 aromatic carbocycles. The van der Waals surface area contributed by atoms with E-state index in [-0.39, 0.29) is 12.6 Å². The van der Waals surface area contributed by atoms with Crippen LogP contribution >= 0.6 is 0 Å². The van der Waals surface area contributed by atoms with Crippen molar-refractivity contribution in [3.8, 4) is 6.07 Å². The Morgan fingerprint density at radius 1 is 1.48 bits per heavy atom. The van der Waals surface area contributed by atoms with E-state index in [1.54, 1.807) is 0 Å². The van der Waals surface area contributed by atoms with Crippen LogP contribution < -0.4 is 10.2 Å². The van der Waals surface area contributed by atoms with Crippen molar-refractivity contribution in [1.82, 2.24) is 5.32 Å². The molecule has 0 radical (unpaired) electrons. The number of rotatable bonds is 5. The monoisotopic (exact) mass is 287 g/mol. The molecular weight excluding hydrogens is 262 g/mol. The van der Waals surface area contributed by atoms with E-state index < -0.39 is 0 Å². The number of benzene rings is 1. The first-order valence-electron chi connectivity index (χ1n) is 7.70. The van der Waals surface area contributed by atoms with Gasteiger partial charge in [-0.2, -0.15) is 5.26 Å². The van der Waals surface area contributed by atoms with E-state index in [1.165, 1.54) is 0 Å². The first kappa shape index (κ1) is 15.8. The molecule has 2 rings (SSSR count). The predicted octanol–water partition coefficient (Wildman–Crippen LogP) is 2.26. The molecule has 1 saturated heterocycles. The summed E-state index contributed by atoms with van der Waals surface area (Å²) in [4.78, 5) is 2.18. The summed E-state index contributed by atoms with van der Waals surface area (Å²) in [6.45, 7) is 8.20. The number of aliphatic hydroxyl groups excluding tert-OH is 1. The van der Waals surface area contributed by atoms with Gasteiger partial charge in [0.25, 0.3) is 0 Å². The van der Waals surface area contributed by atoms with Crippen molar-refractivity contribution in [2.24, 2.45) is 5.92 Å². The van der Waals surface area contributed by atoms with Crippen molar-refractivity contribution in [2.75, 3.05) is 18.1 Å². The van der Waals surface area contributed by atoms with E-state index in [1.807, 2.05) is 12.1 Å². The Kier molecular flexibility index (Phi) is 5.22. The van der Waals surface area contributed by atoms with E-state index >= 15 is 0 Å². The predicted molar refractivity (Wildman–Crippen MR) is 85.1 cm³/mol. The van der Waals surface area contributed by atoms with Crippen LogP contribution in [0.5, 0.6) is 0 Å². The zero-order chi connectivity index (χ0) is 15.4. The Morgan fingerprint density at radius 2 is 2.24 bits per heavy atom. The molecule has 2 unspecified atom stereocenters. The average Bonchev–Trinajstić information content (AvgIpc) is 2.85. The van der Waals surface area contributed by atoms with E-state index in [9.17, 15) is 10.4 Å². The van der Waals surface area contributed by atoms with Gasteiger partial charge in [-0.1, -0.05) is 26.8 Å². The Balaban J connectivity index is 2.23. The molecule has 1 aromatic rings. The van der Waals surface area contributed by atoms with Gasteiger partial charge < -0.3 is 15.3 Å². The number of anilines is 1. The maximum absolute atomic E-state index is 9.60. The molecule has 1 fully saturated rings. The van der Waals surface area contributed by atoms with Crippen molar-refractivity contribution >= 4 is 5.69 Å². The molecule has 0 aliphatic carbocycles. The standard InChI is InChI=1S/C17H25N3O/c1-12(2)19-10-14-4-5-16(15(8-14)9-18)20-7-6-13(3)17(20)11-21/h4-5,8,12-13,17,19,21H,6-7,10-11H2,1-3H3. The molecule has 0 amide bonds. The minimum atomic E-state index is 0.122. The molecule has 2 N–H and O–H groups in total. The largest absolute Gasteiger partial charge is 0.394 e. The summed E-state index contributed by atoms with van der Waals surface area (Å²) in [5, 5.41) is 22.4. The van der Waals surface area contributed by atoms with Crippen LogP contribution in [0, 0.1) is 17.2 Å². The van der Waals surface area contributed by atoms with Crippen molar-refractivity contribution in [3.05, 3.63) is 29.3 Å². The number of nitrogens with zero attached hydrogens (tertiary/aromatic N) is 2. The normalized spacial score (nSPS) is 21.8. The molecule has 21 heavy (non-hydrogen) atoms. The summed E-state index contributed by atoms with van der Waals surface area (Å²) >= 11 is 0. The summed E-state index contributed by atoms with van der Waals surface area (Å²) < 4.78 is 0. The van der Waals surface area contributed by atoms with Crippen LogP contribution in [-0.4, -0.2) is 30.3 Å². The zero-order valence-electron chi connectivity index (χ0n) is 13.1. The maximum atomic E-state index is 9.60. The molecule has 1 aliphatic heterocycles. The summed E-state index contributed by atoms with van der Waals surface area (Å²) in [6.07, 6.45) is 1.06. The Bertz CT molecular complexity index is 521. The molecule has 1 heterocycles. The second kappa shape index (κ2) is 6.93. The fraction of sp³-hybridized carbons (Fsp3) is 0.588. The molecule has 0 spiro atoms. The molecule has 1 aliphatic rings. The van der Waals surface area contributed by atoms with E-state index in [0.29, 0.717) is 17.5 Å². The smallest absolute Gasteiger partial charge is 0.101 e. The number of hydrogen-bond donors (Lipinski definition) is 2. The molecule has 0 aromatic heterocycles.